The number of nitrogens with zero attached hydrogens (tertiary/aromatic N) is 5. The minimum atomic E-state index is 0.577. The van der Waals surface area contributed by atoms with Gasteiger partial charge in [0, 0.05) is 52.2 Å². The van der Waals surface area contributed by atoms with Gasteiger partial charge < -0.3 is 19.4 Å². The lowest BCUT2D eigenvalue weighted by Crippen LogP contribution is -2.53. The van der Waals surface area contributed by atoms with Crippen molar-refractivity contribution in [3.63, 3.8) is 0 Å². The number of hydrogen-bond acceptors (Lipinski definition) is 6. The van der Waals surface area contributed by atoms with E-state index in [0.717, 1.165) is 56.8 Å². The standard InChI is InChI=1S/C23H31N7O2/c1-2-24-23(25-11-10-21-26-22(28-27-21)20-9-6-17-32-20)30-14-12-29(13-15-30)16-18-31-19-7-4-3-5-8-19/h3-9,17H,2,10-16,18H2,1H3,(H,24,25)(H,26,27,28). The molecular weight excluding hydrogens is 406 g/mol. The molecule has 0 spiro atoms. The lowest BCUT2D eigenvalue weighted by molar-refractivity contribution is 0.152. The van der Waals surface area contributed by atoms with Crippen LogP contribution in [-0.2, 0) is 6.42 Å². The van der Waals surface area contributed by atoms with Crippen molar-refractivity contribution in [1.29, 1.82) is 0 Å². The molecule has 3 heterocycles. The molecule has 0 bridgehead atoms. The molecule has 2 N–H and O–H groups in total. The molecule has 0 unspecified atom stereocenters. The average Bonchev–Trinajstić information content (AvgIpc) is 3.52. The summed E-state index contributed by atoms with van der Waals surface area (Å²) in [7, 11) is 0. The van der Waals surface area contributed by atoms with Crippen molar-refractivity contribution in [2.75, 3.05) is 52.4 Å². The molecule has 9 heteroatoms. The number of ether oxygens (including phenoxy) is 1. The van der Waals surface area contributed by atoms with Crippen LogP contribution in [0.25, 0.3) is 11.6 Å². The molecule has 0 aliphatic carbocycles. The Morgan fingerprint density at radius 3 is 2.75 bits per heavy atom. The van der Waals surface area contributed by atoms with Gasteiger partial charge in [-0.3, -0.25) is 15.0 Å². The number of guanidine groups is 1. The van der Waals surface area contributed by atoms with Crippen molar-refractivity contribution in [3.8, 4) is 17.3 Å². The summed E-state index contributed by atoms with van der Waals surface area (Å²) in [4.78, 5) is 14.1. The summed E-state index contributed by atoms with van der Waals surface area (Å²) in [6.07, 6.45) is 2.31. The highest BCUT2D eigenvalue weighted by Crippen LogP contribution is 2.14. The van der Waals surface area contributed by atoms with Crippen molar-refractivity contribution in [3.05, 3.63) is 54.6 Å². The first kappa shape index (κ1) is 21.9. The summed E-state index contributed by atoms with van der Waals surface area (Å²) >= 11 is 0. The van der Waals surface area contributed by atoms with E-state index < -0.39 is 0 Å². The summed E-state index contributed by atoms with van der Waals surface area (Å²) in [5, 5.41) is 10.6. The van der Waals surface area contributed by atoms with E-state index in [4.69, 9.17) is 14.1 Å². The molecule has 2 aromatic heterocycles. The van der Waals surface area contributed by atoms with Crippen molar-refractivity contribution in [2.24, 2.45) is 4.99 Å². The van der Waals surface area contributed by atoms with Crippen LogP contribution in [0.3, 0.4) is 0 Å². The summed E-state index contributed by atoms with van der Waals surface area (Å²) < 4.78 is 11.2. The molecule has 4 rings (SSSR count). The third kappa shape index (κ3) is 6.10. The van der Waals surface area contributed by atoms with Gasteiger partial charge in [0.1, 0.15) is 18.2 Å². The fourth-order valence-corrected chi connectivity index (χ4v) is 3.61. The molecular formula is C23H31N7O2. The second-order valence-electron chi connectivity index (χ2n) is 7.56. The third-order valence-electron chi connectivity index (χ3n) is 5.31. The van der Waals surface area contributed by atoms with E-state index in [2.05, 4.69) is 37.2 Å². The van der Waals surface area contributed by atoms with Gasteiger partial charge in [0.15, 0.2) is 11.7 Å². The van der Waals surface area contributed by atoms with Crippen LogP contribution in [0, 0.1) is 0 Å². The third-order valence-corrected chi connectivity index (χ3v) is 5.31. The van der Waals surface area contributed by atoms with Gasteiger partial charge in [0.05, 0.1) is 6.26 Å². The molecule has 0 amide bonds. The van der Waals surface area contributed by atoms with E-state index in [-0.39, 0.29) is 0 Å². The van der Waals surface area contributed by atoms with Crippen LogP contribution in [-0.4, -0.2) is 83.4 Å². The summed E-state index contributed by atoms with van der Waals surface area (Å²) in [6.45, 7) is 9.10. The first-order valence-electron chi connectivity index (χ1n) is 11.2. The monoisotopic (exact) mass is 437 g/mol. The van der Waals surface area contributed by atoms with Gasteiger partial charge in [0.25, 0.3) is 0 Å². The van der Waals surface area contributed by atoms with Crippen LogP contribution in [0.1, 0.15) is 12.7 Å². The Morgan fingerprint density at radius 2 is 2.00 bits per heavy atom. The Hall–Kier alpha value is -3.33. The van der Waals surface area contributed by atoms with E-state index in [1.54, 1.807) is 6.26 Å². The number of aromatic amines is 1. The number of piperazine rings is 1. The maximum Gasteiger partial charge on any atom is 0.216 e. The Bertz CT molecular complexity index is 948. The molecule has 0 radical (unpaired) electrons. The number of H-pyrrole nitrogens is 1. The quantitative estimate of drug-likeness (QED) is 0.392. The first-order valence-corrected chi connectivity index (χ1v) is 11.2. The minimum Gasteiger partial charge on any atom is -0.492 e. The molecule has 0 atom stereocenters. The Balaban J connectivity index is 1.22. The smallest absolute Gasteiger partial charge is 0.216 e. The highest BCUT2D eigenvalue weighted by Gasteiger charge is 2.19. The molecule has 3 aromatic rings. The van der Waals surface area contributed by atoms with Crippen molar-refractivity contribution in [1.82, 2.24) is 30.3 Å². The van der Waals surface area contributed by atoms with Gasteiger partial charge in [-0.2, -0.15) is 5.10 Å². The average molecular weight is 438 g/mol. The van der Waals surface area contributed by atoms with E-state index in [9.17, 15) is 0 Å². The molecule has 1 aliphatic rings. The van der Waals surface area contributed by atoms with E-state index >= 15 is 0 Å². The van der Waals surface area contributed by atoms with Crippen molar-refractivity contribution >= 4 is 5.96 Å². The van der Waals surface area contributed by atoms with Gasteiger partial charge in [-0.25, -0.2) is 4.98 Å². The van der Waals surface area contributed by atoms with Gasteiger partial charge in [0.2, 0.25) is 5.82 Å². The SMILES string of the molecule is CCNC(=NCCc1nc(-c2ccco2)n[nH]1)N1CCN(CCOc2ccccc2)CC1. The second kappa shape index (κ2) is 11.3. The van der Waals surface area contributed by atoms with Crippen molar-refractivity contribution in [2.45, 2.75) is 13.3 Å². The van der Waals surface area contributed by atoms with Crippen LogP contribution in [0.4, 0.5) is 0 Å². The highest BCUT2D eigenvalue weighted by molar-refractivity contribution is 5.80. The number of furan rings is 1. The number of hydrogen-bond donors (Lipinski definition) is 2. The van der Waals surface area contributed by atoms with Crippen molar-refractivity contribution < 1.29 is 9.15 Å². The predicted octanol–water partition coefficient (Wildman–Crippen LogP) is 2.27. The Morgan fingerprint density at radius 1 is 1.16 bits per heavy atom. The Labute approximate surface area is 188 Å². The molecule has 1 aromatic carbocycles. The molecule has 170 valence electrons. The van der Waals surface area contributed by atoms with Crippen LogP contribution in [0.5, 0.6) is 5.75 Å². The van der Waals surface area contributed by atoms with Gasteiger partial charge in [-0.05, 0) is 31.2 Å². The normalized spacial score (nSPS) is 15.2. The van der Waals surface area contributed by atoms with Gasteiger partial charge in [-0.15, -0.1) is 0 Å². The topological polar surface area (TPSA) is 94.8 Å². The zero-order valence-corrected chi connectivity index (χ0v) is 18.5. The highest BCUT2D eigenvalue weighted by atomic mass is 16.5. The van der Waals surface area contributed by atoms with Crippen LogP contribution < -0.4 is 10.1 Å². The maximum atomic E-state index is 5.83. The number of rotatable bonds is 9. The maximum absolute atomic E-state index is 5.83. The van der Waals surface area contributed by atoms with Crippen LogP contribution >= 0.6 is 0 Å². The number of nitrogens with one attached hydrogen (secondary N) is 2. The zero-order chi connectivity index (χ0) is 22.0. The lowest BCUT2D eigenvalue weighted by atomic mass is 10.3. The van der Waals surface area contributed by atoms with Crippen LogP contribution in [0.2, 0.25) is 0 Å². The number of benzene rings is 1. The molecule has 1 fully saturated rings. The summed E-state index contributed by atoms with van der Waals surface area (Å²) in [5.74, 6) is 3.93. The second-order valence-corrected chi connectivity index (χ2v) is 7.56. The number of aromatic nitrogens is 3. The van der Waals surface area contributed by atoms with Gasteiger partial charge in [-0.1, -0.05) is 18.2 Å². The molecule has 9 nitrogen and oxygen atoms in total. The fraction of sp³-hybridized carbons (Fsp3) is 0.435. The summed E-state index contributed by atoms with van der Waals surface area (Å²) in [5.41, 5.74) is 0. The summed E-state index contributed by atoms with van der Waals surface area (Å²) in [6, 6.07) is 13.7. The van der Waals surface area contributed by atoms with E-state index in [0.29, 0.717) is 31.2 Å². The zero-order valence-electron chi connectivity index (χ0n) is 18.5. The molecule has 1 saturated heterocycles. The lowest BCUT2D eigenvalue weighted by Gasteiger charge is -2.36. The first-order chi connectivity index (χ1) is 15.8. The molecule has 0 saturated carbocycles. The van der Waals surface area contributed by atoms with Gasteiger partial charge >= 0.3 is 0 Å². The Kier molecular flexibility index (Phi) is 7.75. The minimum absolute atomic E-state index is 0.577. The molecule has 32 heavy (non-hydrogen) atoms. The largest absolute Gasteiger partial charge is 0.492 e. The fourth-order valence-electron chi connectivity index (χ4n) is 3.61. The van der Waals surface area contributed by atoms with E-state index in [1.807, 2.05) is 42.5 Å². The number of para-hydroxylation sites is 1. The van der Waals surface area contributed by atoms with Crippen LogP contribution in [0.15, 0.2) is 58.1 Å². The van der Waals surface area contributed by atoms with E-state index in [1.165, 1.54) is 0 Å². The predicted molar refractivity (Wildman–Crippen MR) is 124 cm³/mol. The molecule has 1 aliphatic heterocycles. The number of aliphatic imine (C=N–C) groups is 1.